The van der Waals surface area contributed by atoms with Gasteiger partial charge in [0.25, 0.3) is 0 Å². The first-order valence-corrected chi connectivity index (χ1v) is 4.25. The third kappa shape index (κ3) is 0.713. The van der Waals surface area contributed by atoms with E-state index in [9.17, 15) is 5.11 Å². The van der Waals surface area contributed by atoms with Crippen molar-refractivity contribution < 1.29 is 14.6 Å². The molecule has 2 fully saturated rings. The highest BCUT2D eigenvalue weighted by atomic mass is 16.6. The molecule has 4 heteroatoms. The Labute approximate surface area is 71.6 Å². The molecule has 12 heavy (non-hydrogen) atoms. The highest BCUT2D eigenvalue weighted by Gasteiger charge is 2.64. The summed E-state index contributed by atoms with van der Waals surface area (Å²) in [6.45, 7) is 4.76. The first kappa shape index (κ1) is 8.44. The van der Waals surface area contributed by atoms with Gasteiger partial charge in [-0.1, -0.05) is 6.92 Å². The van der Waals surface area contributed by atoms with E-state index in [4.69, 9.17) is 15.2 Å². The largest absolute Gasteiger partial charge is 0.386 e. The molecular formula is C8H15NO3. The lowest BCUT2D eigenvalue weighted by Crippen LogP contribution is -2.60. The molecule has 0 aliphatic carbocycles. The van der Waals surface area contributed by atoms with Crippen molar-refractivity contribution >= 4 is 0 Å². The summed E-state index contributed by atoms with van der Waals surface area (Å²) in [6, 6.07) is 0. The summed E-state index contributed by atoms with van der Waals surface area (Å²) in [5.41, 5.74) is 4.42. The number of nitrogens with two attached hydrogens (primary N) is 1. The summed E-state index contributed by atoms with van der Waals surface area (Å²) < 4.78 is 10.9. The summed E-state index contributed by atoms with van der Waals surface area (Å²) in [5.74, 6) is 0.236. The fourth-order valence-corrected chi connectivity index (χ4v) is 2.01. The fourth-order valence-electron chi connectivity index (χ4n) is 2.01. The second-order valence-electron chi connectivity index (χ2n) is 3.94. The molecule has 0 aromatic heterocycles. The Balaban J connectivity index is 2.37. The van der Waals surface area contributed by atoms with Crippen molar-refractivity contribution in [1.82, 2.24) is 0 Å². The molecule has 0 aromatic rings. The van der Waals surface area contributed by atoms with Crippen molar-refractivity contribution in [2.45, 2.75) is 31.3 Å². The molecule has 0 aromatic carbocycles. The lowest BCUT2D eigenvalue weighted by atomic mass is 9.84. The van der Waals surface area contributed by atoms with Crippen LogP contribution in [-0.4, -0.2) is 35.8 Å². The summed E-state index contributed by atoms with van der Waals surface area (Å²) in [5, 5.41) is 9.57. The van der Waals surface area contributed by atoms with Crippen LogP contribution < -0.4 is 5.73 Å². The van der Waals surface area contributed by atoms with Crippen molar-refractivity contribution in [1.29, 1.82) is 0 Å². The van der Waals surface area contributed by atoms with Crippen molar-refractivity contribution in [3.63, 3.8) is 0 Å². The van der Waals surface area contributed by atoms with E-state index in [0.29, 0.717) is 6.61 Å². The van der Waals surface area contributed by atoms with Crippen LogP contribution in [0.25, 0.3) is 0 Å². The average molecular weight is 173 g/mol. The molecule has 4 nitrogen and oxygen atoms in total. The molecule has 70 valence electrons. The summed E-state index contributed by atoms with van der Waals surface area (Å²) >= 11 is 0. The second kappa shape index (κ2) is 2.20. The second-order valence-corrected chi connectivity index (χ2v) is 3.94. The van der Waals surface area contributed by atoms with E-state index in [-0.39, 0.29) is 12.5 Å². The monoisotopic (exact) mass is 173 g/mol. The van der Waals surface area contributed by atoms with E-state index in [1.54, 1.807) is 0 Å². The maximum atomic E-state index is 9.57. The number of aliphatic hydroxyl groups excluding tert-OH is 1. The topological polar surface area (TPSA) is 64.7 Å². The van der Waals surface area contributed by atoms with Gasteiger partial charge in [0.05, 0.1) is 13.2 Å². The first-order valence-electron chi connectivity index (χ1n) is 4.25. The van der Waals surface area contributed by atoms with Gasteiger partial charge in [-0.15, -0.1) is 0 Å². The molecule has 2 heterocycles. The van der Waals surface area contributed by atoms with E-state index in [1.165, 1.54) is 0 Å². The van der Waals surface area contributed by atoms with Crippen LogP contribution in [0, 0.1) is 5.92 Å². The minimum atomic E-state index is -0.994. The number of ether oxygens (including phenoxy) is 2. The van der Waals surface area contributed by atoms with Gasteiger partial charge in [0.15, 0.2) is 5.72 Å². The summed E-state index contributed by atoms with van der Waals surface area (Å²) in [7, 11) is 0. The van der Waals surface area contributed by atoms with Crippen LogP contribution in [0.5, 0.6) is 0 Å². The molecular weight excluding hydrogens is 158 g/mol. The molecule has 4 atom stereocenters. The molecule has 2 saturated heterocycles. The molecule has 2 unspecified atom stereocenters. The van der Waals surface area contributed by atoms with Crippen molar-refractivity contribution in [2.24, 2.45) is 11.7 Å². The molecule has 0 spiro atoms. The van der Waals surface area contributed by atoms with E-state index in [1.807, 2.05) is 13.8 Å². The van der Waals surface area contributed by atoms with Gasteiger partial charge in [-0.3, -0.25) is 5.73 Å². The highest BCUT2D eigenvalue weighted by molar-refractivity contribution is 5.11. The van der Waals surface area contributed by atoms with Gasteiger partial charge >= 0.3 is 0 Å². The third-order valence-corrected chi connectivity index (χ3v) is 3.32. The van der Waals surface area contributed by atoms with Crippen LogP contribution in [0.4, 0.5) is 0 Å². The van der Waals surface area contributed by atoms with Crippen LogP contribution in [0.3, 0.4) is 0 Å². The van der Waals surface area contributed by atoms with E-state index >= 15 is 0 Å². The standard InChI is InChI=1S/C8H15NO3/c1-5-3-12-8(9)6(10)4-11-7(5,8)2/h5-6,10H,3-4,9H2,1-2H3/t5?,6?,7-,8-/m1/s1. The van der Waals surface area contributed by atoms with E-state index in [0.717, 1.165) is 0 Å². The van der Waals surface area contributed by atoms with Gasteiger partial charge in [0.2, 0.25) is 0 Å². The Bertz CT molecular complexity index is 188. The smallest absolute Gasteiger partial charge is 0.174 e. The summed E-state index contributed by atoms with van der Waals surface area (Å²) in [4.78, 5) is 0. The maximum Gasteiger partial charge on any atom is 0.174 e. The highest BCUT2D eigenvalue weighted by Crippen LogP contribution is 2.45. The van der Waals surface area contributed by atoms with Crippen LogP contribution >= 0.6 is 0 Å². The number of rotatable bonds is 0. The van der Waals surface area contributed by atoms with E-state index in [2.05, 4.69) is 0 Å². The zero-order chi connectivity index (χ0) is 8.98. The molecule has 2 aliphatic heterocycles. The van der Waals surface area contributed by atoms with Crippen molar-refractivity contribution in [2.75, 3.05) is 13.2 Å². The van der Waals surface area contributed by atoms with E-state index < -0.39 is 17.4 Å². The van der Waals surface area contributed by atoms with Crippen LogP contribution in [0.2, 0.25) is 0 Å². The SMILES string of the molecule is CC1CO[C@]2(N)C(O)CO[C@]12C. The Kier molecular flexibility index (Phi) is 1.55. The zero-order valence-electron chi connectivity index (χ0n) is 7.41. The summed E-state index contributed by atoms with van der Waals surface area (Å²) in [6.07, 6.45) is -0.701. The molecule has 0 saturated carbocycles. The Hall–Kier alpha value is -0.160. The Morgan fingerprint density at radius 1 is 1.42 bits per heavy atom. The van der Waals surface area contributed by atoms with Gasteiger partial charge in [-0.2, -0.15) is 0 Å². The lowest BCUT2D eigenvalue weighted by Gasteiger charge is -2.34. The van der Waals surface area contributed by atoms with Crippen LogP contribution in [0.1, 0.15) is 13.8 Å². The Morgan fingerprint density at radius 3 is 2.67 bits per heavy atom. The van der Waals surface area contributed by atoms with Gasteiger partial charge in [-0.25, -0.2) is 0 Å². The van der Waals surface area contributed by atoms with Gasteiger partial charge in [0.1, 0.15) is 11.7 Å². The normalized spacial score (nSPS) is 59.0. The van der Waals surface area contributed by atoms with Crippen molar-refractivity contribution in [3.8, 4) is 0 Å². The molecule has 0 amide bonds. The van der Waals surface area contributed by atoms with Gasteiger partial charge in [-0.05, 0) is 6.92 Å². The molecule has 3 N–H and O–H groups in total. The predicted molar refractivity (Wildman–Crippen MR) is 42.4 cm³/mol. The van der Waals surface area contributed by atoms with Crippen LogP contribution in [-0.2, 0) is 9.47 Å². The number of hydrogen-bond acceptors (Lipinski definition) is 4. The first-order chi connectivity index (χ1) is 5.51. The average Bonchev–Trinajstić information content (AvgIpc) is 2.39. The fraction of sp³-hybridized carbons (Fsp3) is 1.00. The zero-order valence-corrected chi connectivity index (χ0v) is 7.41. The third-order valence-electron chi connectivity index (χ3n) is 3.32. The van der Waals surface area contributed by atoms with Gasteiger partial charge in [0, 0.05) is 5.92 Å². The Morgan fingerprint density at radius 2 is 2.08 bits per heavy atom. The number of hydrogen-bond donors (Lipinski definition) is 2. The van der Waals surface area contributed by atoms with Crippen LogP contribution in [0.15, 0.2) is 0 Å². The minimum absolute atomic E-state index is 0.236. The molecule has 2 rings (SSSR count). The predicted octanol–water partition coefficient (Wildman–Crippen LogP) is -0.542. The number of aliphatic hydroxyl groups is 1. The molecule has 0 bridgehead atoms. The quantitative estimate of drug-likeness (QED) is 0.516. The molecule has 2 aliphatic rings. The van der Waals surface area contributed by atoms with Crippen molar-refractivity contribution in [3.05, 3.63) is 0 Å². The number of fused-ring (bicyclic) bond motifs is 1. The lowest BCUT2D eigenvalue weighted by molar-refractivity contribution is -0.106. The maximum absolute atomic E-state index is 9.57. The molecule has 0 radical (unpaired) electrons. The van der Waals surface area contributed by atoms with Gasteiger partial charge < -0.3 is 14.6 Å². The minimum Gasteiger partial charge on any atom is -0.386 e.